The van der Waals surface area contributed by atoms with Crippen molar-refractivity contribution in [2.75, 3.05) is 39.6 Å². The Morgan fingerprint density at radius 1 is 0.466 bits per heavy atom. The molecular weight excluding hydrogens is 1170 g/mol. The van der Waals surface area contributed by atoms with E-state index in [1.54, 1.807) is 12.1 Å². The number of allylic oxidation sites excluding steroid dienone is 2. The monoisotopic (exact) mass is 1260 g/mol. The van der Waals surface area contributed by atoms with E-state index in [9.17, 15) is 80.1 Å². The molecule has 5 heterocycles. The van der Waals surface area contributed by atoms with Gasteiger partial charge in [-0.1, -0.05) is 44.4 Å². The second-order valence-corrected chi connectivity index (χ2v) is 22.6. The first-order valence-electron chi connectivity index (χ1n) is 29.8. The van der Waals surface area contributed by atoms with Gasteiger partial charge in [-0.05, 0) is 50.8 Å². The van der Waals surface area contributed by atoms with E-state index in [-0.39, 0.29) is 5.56 Å². The zero-order valence-electron chi connectivity index (χ0n) is 50.1. The lowest BCUT2D eigenvalue weighted by molar-refractivity contribution is -0.366. The fourth-order valence-electron chi connectivity index (χ4n) is 11.4. The van der Waals surface area contributed by atoms with Gasteiger partial charge in [0.2, 0.25) is 23.6 Å². The Morgan fingerprint density at radius 2 is 0.841 bits per heavy atom. The van der Waals surface area contributed by atoms with Gasteiger partial charge >= 0.3 is 0 Å². The summed E-state index contributed by atoms with van der Waals surface area (Å²) in [6.07, 6.45) is -22.4. The standard InChI is InChI=1S/C57H91N5O26/c1-7-8-9-10-11-12-13-14-15-19-79-32-18-16-17-31(20-32)53(78)62-39-44(73)43(72)33(21-63)81-54(39)86-50-35(23-65)83-56(41(46(50)75)60-29(5)70)88-52-37(25-67)84-57(42(48(52)77)61-30(6)71)87-51-36(24-66)82-55(40(47(51)76)59-28(4)69)85-49-34(22-64)80-26(2)38(45(49)74)58-27(3)68/h12-13,16-18,20,26,33-52,54-57,63-67,72-77H,7-11,14-15,19,21-25H2,1-6H3,(H,58,68)(H,59,69)(H,60,70)(H,61,71)(H,62,78)/b13-12-/t26?,33?,34?,35-,36-,37?,38+,39-,40?,41?,42-,43+,44?,45-,46?,47?,48-,49?,50+,51+,52?,54-,55?,56?,57-/m0/s1. The Bertz CT molecular complexity index is 2400. The van der Waals surface area contributed by atoms with Crippen molar-refractivity contribution in [3.05, 3.63) is 42.0 Å². The van der Waals surface area contributed by atoms with Crippen molar-refractivity contribution in [1.29, 1.82) is 0 Å². The summed E-state index contributed by atoms with van der Waals surface area (Å²) in [6, 6.07) is -1.61. The Labute approximate surface area is 509 Å². The minimum atomic E-state index is -2.01. The minimum absolute atomic E-state index is 0.0635. The molecule has 13 unspecified atom stereocenters. The summed E-state index contributed by atoms with van der Waals surface area (Å²) in [4.78, 5) is 64.3. The molecule has 31 heteroatoms. The van der Waals surface area contributed by atoms with E-state index in [1.807, 2.05) is 0 Å². The van der Waals surface area contributed by atoms with Gasteiger partial charge in [0.1, 0.15) is 121 Å². The number of ether oxygens (including phenoxy) is 10. The molecule has 0 bridgehead atoms. The Hall–Kier alpha value is -4.69. The fraction of sp³-hybridized carbons (Fsp3) is 0.772. The first kappa shape index (κ1) is 72.4. The predicted octanol–water partition coefficient (Wildman–Crippen LogP) is -5.16. The number of aliphatic hydroxyl groups is 11. The van der Waals surface area contributed by atoms with Crippen molar-refractivity contribution in [1.82, 2.24) is 26.6 Å². The van der Waals surface area contributed by atoms with E-state index in [2.05, 4.69) is 45.7 Å². The molecule has 500 valence electrons. The summed E-state index contributed by atoms with van der Waals surface area (Å²) in [5.41, 5.74) is 0.0635. The third-order valence-corrected chi connectivity index (χ3v) is 15.8. The van der Waals surface area contributed by atoms with Crippen LogP contribution in [0.25, 0.3) is 0 Å². The Balaban J connectivity index is 1.18. The number of hydrogen-bond acceptors (Lipinski definition) is 26. The SMILES string of the molecule is CCCCCC/C=C\CCCOc1cccc(C(=O)N[C@H]2C(O)[C@H](O)C(CO)O[C@H]2O[C@H]2C(O)C(NC(C)=O)C(OC3C(CO)O[C@@H](O[C@H]4C(O)C(NC(C)=O)C(OC5C(CO)OC(C)[C@@H](NC(C)=O)[C@@H]5O)O[C@H]4CO)[C@@H](NC(C)=O)[C@@H]3O)O[C@H]2CO)c1. The van der Waals surface area contributed by atoms with Gasteiger partial charge in [0.15, 0.2) is 25.2 Å². The Kier molecular flexibility index (Phi) is 28.5. The number of carbonyl (C=O) groups excluding carboxylic acids is 5. The first-order chi connectivity index (χ1) is 42.0. The molecule has 1 aromatic carbocycles. The quantitative estimate of drug-likeness (QED) is 0.0263. The highest BCUT2D eigenvalue weighted by Crippen LogP contribution is 2.36. The highest BCUT2D eigenvalue weighted by Gasteiger charge is 2.57. The number of unbranched alkanes of at least 4 members (excludes halogenated alkanes) is 5. The first-order valence-corrected chi connectivity index (χ1v) is 29.8. The molecule has 1 aromatic rings. The summed E-state index contributed by atoms with van der Waals surface area (Å²) in [7, 11) is 0. The van der Waals surface area contributed by atoms with E-state index in [1.165, 1.54) is 45.2 Å². The average molecular weight is 1260 g/mol. The molecule has 0 radical (unpaired) electrons. The minimum Gasteiger partial charge on any atom is -0.494 e. The number of carbonyl (C=O) groups is 5. The molecule has 0 saturated carbocycles. The van der Waals surface area contributed by atoms with Crippen molar-refractivity contribution >= 4 is 29.5 Å². The maximum Gasteiger partial charge on any atom is 0.251 e. The van der Waals surface area contributed by atoms with Gasteiger partial charge in [0.25, 0.3) is 5.91 Å². The molecule has 5 aliphatic rings. The molecule has 25 atom stereocenters. The van der Waals surface area contributed by atoms with Crippen LogP contribution < -0.4 is 31.3 Å². The molecular formula is C57H91N5O26. The summed E-state index contributed by atoms with van der Waals surface area (Å²) in [6.45, 7) is 3.96. The zero-order chi connectivity index (χ0) is 64.5. The maximum absolute atomic E-state index is 13.9. The zero-order valence-corrected chi connectivity index (χ0v) is 50.1. The molecule has 16 N–H and O–H groups in total. The van der Waals surface area contributed by atoms with Crippen molar-refractivity contribution in [3.63, 3.8) is 0 Å². The highest BCUT2D eigenvalue weighted by molar-refractivity contribution is 5.94. The van der Waals surface area contributed by atoms with Crippen LogP contribution in [-0.4, -0.2) is 278 Å². The second kappa shape index (κ2) is 34.7. The van der Waals surface area contributed by atoms with Crippen molar-refractivity contribution in [3.8, 4) is 5.75 Å². The summed E-state index contributed by atoms with van der Waals surface area (Å²) in [5, 5.41) is 135. The largest absolute Gasteiger partial charge is 0.494 e. The number of aliphatic hydroxyl groups excluding tert-OH is 11. The van der Waals surface area contributed by atoms with Crippen LogP contribution in [0.2, 0.25) is 0 Å². The van der Waals surface area contributed by atoms with E-state index in [0.717, 1.165) is 40.0 Å². The summed E-state index contributed by atoms with van der Waals surface area (Å²) < 4.78 is 60.6. The number of rotatable bonds is 29. The van der Waals surface area contributed by atoms with E-state index in [0.29, 0.717) is 18.8 Å². The van der Waals surface area contributed by atoms with Gasteiger partial charge in [-0.2, -0.15) is 0 Å². The molecule has 5 saturated heterocycles. The highest BCUT2D eigenvalue weighted by atomic mass is 16.8. The lowest BCUT2D eigenvalue weighted by Gasteiger charge is -2.51. The van der Waals surface area contributed by atoms with Crippen LogP contribution in [0.3, 0.4) is 0 Å². The van der Waals surface area contributed by atoms with Crippen LogP contribution in [0.4, 0.5) is 0 Å². The van der Waals surface area contributed by atoms with Gasteiger partial charge < -0.3 is 130 Å². The number of hydrogen-bond donors (Lipinski definition) is 16. The molecule has 88 heavy (non-hydrogen) atoms. The maximum atomic E-state index is 13.9. The fourth-order valence-corrected chi connectivity index (χ4v) is 11.4. The lowest BCUT2D eigenvalue weighted by atomic mass is 9.92. The molecule has 0 aromatic heterocycles. The summed E-state index contributed by atoms with van der Waals surface area (Å²) in [5.74, 6) is -3.30. The van der Waals surface area contributed by atoms with Crippen LogP contribution in [0.5, 0.6) is 5.75 Å². The van der Waals surface area contributed by atoms with Crippen molar-refractivity contribution in [2.24, 2.45) is 0 Å². The molecule has 5 aliphatic heterocycles. The van der Waals surface area contributed by atoms with Gasteiger partial charge in [-0.25, -0.2) is 0 Å². The molecule has 0 aliphatic carbocycles. The third-order valence-electron chi connectivity index (χ3n) is 15.8. The number of benzene rings is 1. The molecule has 5 amide bonds. The van der Waals surface area contributed by atoms with Crippen LogP contribution in [0, 0.1) is 0 Å². The molecule has 5 fully saturated rings. The van der Waals surface area contributed by atoms with Gasteiger partial charge in [-0.15, -0.1) is 0 Å². The van der Waals surface area contributed by atoms with Gasteiger partial charge in [-0.3, -0.25) is 24.0 Å². The molecule has 31 nitrogen and oxygen atoms in total. The smallest absolute Gasteiger partial charge is 0.251 e. The second-order valence-electron chi connectivity index (χ2n) is 22.6. The van der Waals surface area contributed by atoms with Crippen LogP contribution in [-0.2, 0) is 61.8 Å². The lowest BCUT2D eigenvalue weighted by Crippen LogP contribution is -2.72. The van der Waals surface area contributed by atoms with Crippen LogP contribution in [0.1, 0.15) is 96.8 Å². The van der Waals surface area contributed by atoms with Crippen LogP contribution >= 0.6 is 0 Å². The van der Waals surface area contributed by atoms with E-state index < -0.39 is 216 Å². The number of nitrogens with one attached hydrogen (secondary N) is 5. The third kappa shape index (κ3) is 18.7. The van der Waals surface area contributed by atoms with Gasteiger partial charge in [0, 0.05) is 33.3 Å². The van der Waals surface area contributed by atoms with Crippen molar-refractivity contribution in [2.45, 2.75) is 240 Å². The molecule has 6 rings (SSSR count). The normalized spacial score (nSPS) is 37.8. The van der Waals surface area contributed by atoms with Crippen LogP contribution in [0.15, 0.2) is 36.4 Å². The predicted molar refractivity (Wildman–Crippen MR) is 301 cm³/mol. The van der Waals surface area contributed by atoms with Crippen molar-refractivity contribution < 1.29 is 128 Å². The average Bonchev–Trinajstić information content (AvgIpc) is 1.52. The number of amides is 5. The van der Waals surface area contributed by atoms with E-state index >= 15 is 0 Å². The van der Waals surface area contributed by atoms with E-state index in [4.69, 9.17) is 47.4 Å². The summed E-state index contributed by atoms with van der Waals surface area (Å²) >= 11 is 0. The Morgan fingerprint density at radius 3 is 1.25 bits per heavy atom. The van der Waals surface area contributed by atoms with Gasteiger partial charge in [0.05, 0.1) is 51.8 Å². The molecule has 0 spiro atoms. The topological polar surface area (TPSA) is 460 Å².